The van der Waals surface area contributed by atoms with E-state index in [-0.39, 0.29) is 28.5 Å². The van der Waals surface area contributed by atoms with Crippen LogP contribution in [-0.4, -0.2) is 34.8 Å². The van der Waals surface area contributed by atoms with Crippen molar-refractivity contribution >= 4 is 50.0 Å². The number of benzene rings is 1. The maximum absolute atomic E-state index is 14.9. The summed E-state index contributed by atoms with van der Waals surface area (Å²) in [5.74, 6) is -3.65. The van der Waals surface area contributed by atoms with Crippen molar-refractivity contribution in [2.75, 3.05) is 11.6 Å². The lowest BCUT2D eigenvalue weighted by Crippen LogP contribution is -2.39. The highest BCUT2D eigenvalue weighted by Crippen LogP contribution is 2.68. The van der Waals surface area contributed by atoms with E-state index in [1.807, 2.05) is 0 Å². The van der Waals surface area contributed by atoms with Crippen molar-refractivity contribution in [2.24, 2.45) is 16.6 Å². The van der Waals surface area contributed by atoms with Gasteiger partial charge in [-0.1, -0.05) is 23.4 Å². The van der Waals surface area contributed by atoms with E-state index in [2.05, 4.69) is 15.3 Å². The lowest BCUT2D eigenvalue weighted by molar-refractivity contribution is 0.102. The van der Waals surface area contributed by atoms with Crippen LogP contribution in [0.1, 0.15) is 29.4 Å². The highest BCUT2D eigenvalue weighted by Gasteiger charge is 2.72. The minimum absolute atomic E-state index is 0.0245. The molecule has 164 valence electrons. The van der Waals surface area contributed by atoms with Crippen LogP contribution in [0.25, 0.3) is 0 Å². The maximum Gasteiger partial charge on any atom is 0.274 e. The first-order valence-corrected chi connectivity index (χ1v) is 12.1. The van der Waals surface area contributed by atoms with Crippen molar-refractivity contribution in [1.29, 1.82) is 0 Å². The predicted molar refractivity (Wildman–Crippen MR) is 116 cm³/mol. The molecule has 0 unspecified atom stereocenters. The fraction of sp³-hybridized carbons (Fsp3) is 0.316. The van der Waals surface area contributed by atoms with Crippen molar-refractivity contribution in [2.45, 2.75) is 23.0 Å². The number of carbonyl (C=O) groups excluding carboxylic acids is 1. The Morgan fingerprint density at radius 3 is 2.68 bits per heavy atom. The van der Waals surface area contributed by atoms with Gasteiger partial charge < -0.3 is 11.1 Å². The summed E-state index contributed by atoms with van der Waals surface area (Å²) in [7, 11) is -3.56. The number of amides is 1. The first-order chi connectivity index (χ1) is 14.4. The van der Waals surface area contributed by atoms with Crippen LogP contribution in [0.3, 0.4) is 0 Å². The number of nitrogens with two attached hydrogens (primary N) is 1. The highest BCUT2D eigenvalue weighted by atomic mass is 35.5. The molecule has 7 nitrogen and oxygen atoms in total. The molecule has 1 fully saturated rings. The molecular formula is C19H17ClF2N4O3S2. The summed E-state index contributed by atoms with van der Waals surface area (Å²) in [5, 5.41) is 2.78. The summed E-state index contributed by atoms with van der Waals surface area (Å²) >= 11 is 6.68. The molecule has 1 aliphatic carbocycles. The third-order valence-electron chi connectivity index (χ3n) is 5.58. The molecule has 1 aliphatic heterocycles. The van der Waals surface area contributed by atoms with Gasteiger partial charge in [0.25, 0.3) is 5.91 Å². The Hall–Kier alpha value is -2.24. The Kier molecular flexibility index (Phi) is 5.06. The van der Waals surface area contributed by atoms with Gasteiger partial charge in [0.05, 0.1) is 10.6 Å². The average molecular weight is 487 g/mol. The number of carbonyl (C=O) groups is 1. The summed E-state index contributed by atoms with van der Waals surface area (Å²) in [5.41, 5.74) is 4.26. The fourth-order valence-corrected chi connectivity index (χ4v) is 7.34. The van der Waals surface area contributed by atoms with Crippen molar-refractivity contribution < 1.29 is 22.0 Å². The van der Waals surface area contributed by atoms with E-state index in [1.165, 1.54) is 31.3 Å². The van der Waals surface area contributed by atoms with Gasteiger partial charge in [-0.2, -0.15) is 0 Å². The van der Waals surface area contributed by atoms with Gasteiger partial charge in [0, 0.05) is 35.7 Å². The number of fused-ring (bicyclic) bond motifs is 1. The Morgan fingerprint density at radius 1 is 1.35 bits per heavy atom. The smallest absolute Gasteiger partial charge is 0.274 e. The van der Waals surface area contributed by atoms with Gasteiger partial charge in [-0.3, -0.25) is 9.79 Å². The lowest BCUT2D eigenvalue weighted by atomic mass is 9.86. The molecule has 31 heavy (non-hydrogen) atoms. The van der Waals surface area contributed by atoms with Crippen LogP contribution >= 0.6 is 23.4 Å². The van der Waals surface area contributed by atoms with E-state index in [1.54, 1.807) is 0 Å². The van der Waals surface area contributed by atoms with Crippen LogP contribution in [0.5, 0.6) is 0 Å². The molecule has 0 spiro atoms. The van der Waals surface area contributed by atoms with E-state index in [0.717, 1.165) is 24.1 Å². The number of aromatic nitrogens is 1. The van der Waals surface area contributed by atoms with E-state index in [9.17, 15) is 22.0 Å². The standard InChI is InChI=1S/C19H17ClF2N4O3S2/c1-18(14-7-19(14,31(2,28)29)30-17(23)26-18)11-5-10(6-12(21)15(11)22)25-16(27)13-4-3-9(20)8-24-13/h3-6,8,14H,7H2,1-2H3,(H2,23,26)(H,25,27)/t14-,18+,19+/m0/s1. The van der Waals surface area contributed by atoms with Crippen molar-refractivity contribution in [1.82, 2.24) is 4.98 Å². The third-order valence-corrected chi connectivity index (χ3v) is 9.76. The largest absolute Gasteiger partial charge is 0.378 e. The topological polar surface area (TPSA) is 115 Å². The molecule has 1 aromatic carbocycles. The molecule has 3 atom stereocenters. The molecule has 1 amide bonds. The molecule has 12 heteroatoms. The van der Waals surface area contributed by atoms with Gasteiger partial charge in [-0.25, -0.2) is 22.2 Å². The van der Waals surface area contributed by atoms with Gasteiger partial charge >= 0.3 is 0 Å². The van der Waals surface area contributed by atoms with Crippen molar-refractivity contribution in [3.8, 4) is 0 Å². The predicted octanol–water partition coefficient (Wildman–Crippen LogP) is 3.30. The Morgan fingerprint density at radius 2 is 2.06 bits per heavy atom. The number of thioether (sulfide) groups is 1. The van der Waals surface area contributed by atoms with Crippen molar-refractivity contribution in [3.63, 3.8) is 0 Å². The first kappa shape index (κ1) is 22.0. The second-order valence-electron chi connectivity index (χ2n) is 7.68. The van der Waals surface area contributed by atoms with Crippen LogP contribution in [0.15, 0.2) is 35.5 Å². The number of pyridine rings is 1. The summed E-state index contributed by atoms with van der Waals surface area (Å²) in [6.45, 7) is 1.52. The molecule has 3 N–H and O–H groups in total. The second-order valence-corrected chi connectivity index (χ2v) is 12.0. The first-order valence-electron chi connectivity index (χ1n) is 9.04. The third kappa shape index (κ3) is 3.58. The zero-order chi connectivity index (χ0) is 22.8. The zero-order valence-electron chi connectivity index (χ0n) is 16.3. The van der Waals surface area contributed by atoms with Crippen LogP contribution in [-0.2, 0) is 15.4 Å². The molecule has 2 heterocycles. The molecule has 0 saturated heterocycles. The van der Waals surface area contributed by atoms with Gasteiger partial charge in [0.15, 0.2) is 26.6 Å². The number of halogens is 3. The van der Waals surface area contributed by atoms with Crippen LogP contribution < -0.4 is 11.1 Å². The molecule has 0 radical (unpaired) electrons. The minimum atomic E-state index is -3.56. The zero-order valence-corrected chi connectivity index (χ0v) is 18.7. The molecule has 2 aliphatic rings. The monoisotopic (exact) mass is 486 g/mol. The van der Waals surface area contributed by atoms with E-state index in [4.69, 9.17) is 17.3 Å². The quantitative estimate of drug-likeness (QED) is 0.685. The van der Waals surface area contributed by atoms with Gasteiger partial charge in [-0.05, 0) is 31.5 Å². The number of aliphatic imine (C=N–C) groups is 1. The molecule has 1 saturated carbocycles. The van der Waals surface area contributed by atoms with E-state index >= 15 is 0 Å². The molecule has 1 aromatic heterocycles. The number of hydrogen-bond donors (Lipinski definition) is 2. The minimum Gasteiger partial charge on any atom is -0.378 e. The lowest BCUT2D eigenvalue weighted by Gasteiger charge is -2.33. The summed E-state index contributed by atoms with van der Waals surface area (Å²) in [6.07, 6.45) is 2.57. The molecule has 0 bridgehead atoms. The van der Waals surface area contributed by atoms with Crippen molar-refractivity contribution in [3.05, 3.63) is 58.4 Å². The second kappa shape index (κ2) is 7.14. The SMILES string of the molecule is C[C@]1(c2cc(NC(=O)c3ccc(Cl)cn3)cc(F)c2F)N=C(N)S[C@@]2(S(C)(=O)=O)C[C@H]21. The number of sulfone groups is 1. The van der Waals surface area contributed by atoms with E-state index < -0.39 is 42.9 Å². The summed E-state index contributed by atoms with van der Waals surface area (Å²) < 4.78 is 52.9. The number of nitrogens with one attached hydrogen (secondary N) is 1. The van der Waals surface area contributed by atoms with Crippen LogP contribution in [0, 0.1) is 17.6 Å². The van der Waals surface area contributed by atoms with Gasteiger partial charge in [0.1, 0.15) is 9.77 Å². The number of amidine groups is 1. The Balaban J connectivity index is 1.74. The van der Waals surface area contributed by atoms with Crippen LogP contribution in [0.4, 0.5) is 14.5 Å². The number of nitrogens with zero attached hydrogens (tertiary/aromatic N) is 2. The number of anilines is 1. The molecule has 4 rings (SSSR count). The summed E-state index contributed by atoms with van der Waals surface area (Å²) in [4.78, 5) is 20.6. The fourth-order valence-electron chi connectivity index (χ4n) is 3.94. The van der Waals surface area contributed by atoms with Gasteiger partial charge in [0.2, 0.25) is 0 Å². The van der Waals surface area contributed by atoms with Crippen LogP contribution in [0.2, 0.25) is 5.02 Å². The van der Waals surface area contributed by atoms with E-state index in [0.29, 0.717) is 5.02 Å². The highest BCUT2D eigenvalue weighted by molar-refractivity contribution is 8.24. The summed E-state index contributed by atoms with van der Waals surface area (Å²) in [6, 6.07) is 4.92. The number of rotatable bonds is 4. The maximum atomic E-state index is 14.9. The number of hydrogen-bond acceptors (Lipinski definition) is 7. The average Bonchev–Trinajstić information content (AvgIpc) is 3.42. The normalized spacial score (nSPS) is 27.3. The Bertz CT molecular complexity index is 1240. The van der Waals surface area contributed by atoms with Gasteiger partial charge in [-0.15, -0.1) is 0 Å². The molecular weight excluding hydrogens is 470 g/mol. The molecule has 2 aromatic rings. The Labute approximate surface area is 186 Å².